The summed E-state index contributed by atoms with van der Waals surface area (Å²) >= 11 is 0. The Morgan fingerprint density at radius 3 is 2.26 bits per heavy atom. The summed E-state index contributed by atoms with van der Waals surface area (Å²) in [5.41, 5.74) is 1.18. The smallest absolute Gasteiger partial charge is 0.251 e. The van der Waals surface area contributed by atoms with Crippen molar-refractivity contribution in [1.29, 1.82) is 0 Å². The predicted molar refractivity (Wildman–Crippen MR) is 127 cm³/mol. The molecule has 2 aliphatic rings. The van der Waals surface area contributed by atoms with E-state index in [1.165, 1.54) is 10.4 Å². The van der Waals surface area contributed by atoms with Gasteiger partial charge in [0.2, 0.25) is 15.9 Å². The second kappa shape index (κ2) is 10.5. The van der Waals surface area contributed by atoms with Gasteiger partial charge in [0.1, 0.15) is 10.7 Å². The van der Waals surface area contributed by atoms with Gasteiger partial charge in [0.05, 0.1) is 0 Å². The van der Waals surface area contributed by atoms with E-state index < -0.39 is 26.6 Å². The number of benzene rings is 2. The summed E-state index contributed by atoms with van der Waals surface area (Å²) in [7, 11) is -3.98. The summed E-state index contributed by atoms with van der Waals surface area (Å²) in [6.45, 7) is 3.51. The minimum atomic E-state index is -3.98. The molecule has 2 saturated heterocycles. The molecule has 0 atom stereocenters. The van der Waals surface area contributed by atoms with Gasteiger partial charge in [-0.2, -0.15) is 4.31 Å². The Balaban J connectivity index is 1.28. The highest BCUT2D eigenvalue weighted by Crippen LogP contribution is 2.24. The van der Waals surface area contributed by atoms with Gasteiger partial charge in [-0.25, -0.2) is 12.8 Å². The Morgan fingerprint density at radius 1 is 0.912 bits per heavy atom. The number of nitrogens with one attached hydrogen (secondary N) is 1. The normalized spacial score (nSPS) is 17.1. The van der Waals surface area contributed by atoms with Crippen LogP contribution in [0.3, 0.4) is 0 Å². The molecule has 0 unspecified atom stereocenters. The molecule has 0 aromatic heterocycles. The van der Waals surface area contributed by atoms with Crippen LogP contribution < -0.4 is 10.2 Å². The summed E-state index contributed by atoms with van der Waals surface area (Å²) < 4.78 is 41.0. The summed E-state index contributed by atoms with van der Waals surface area (Å²) in [6, 6.07) is 13.4. The van der Waals surface area contributed by atoms with Crippen LogP contribution in [-0.2, 0) is 14.8 Å². The standard InChI is InChI=1S/C24H29FN4O4S/c25-21-9-8-19(18-22(21)34(32,33)29-12-4-5-13-29)24(31)26-11-10-23(30)28-16-14-27(15-17-28)20-6-2-1-3-7-20/h1-3,6-9,18H,4-5,10-17H2,(H,26,31). The summed E-state index contributed by atoms with van der Waals surface area (Å²) in [4.78, 5) is 28.6. The number of carbonyl (C=O) groups excluding carboxylic acids is 2. The fourth-order valence-corrected chi connectivity index (χ4v) is 5.91. The fraction of sp³-hybridized carbons (Fsp3) is 0.417. The van der Waals surface area contributed by atoms with E-state index in [9.17, 15) is 22.4 Å². The molecular weight excluding hydrogens is 459 g/mol. The number of rotatable bonds is 7. The molecule has 0 bridgehead atoms. The van der Waals surface area contributed by atoms with E-state index in [0.29, 0.717) is 26.2 Å². The first-order chi connectivity index (χ1) is 16.4. The van der Waals surface area contributed by atoms with Crippen molar-refractivity contribution >= 4 is 27.5 Å². The topological polar surface area (TPSA) is 90.0 Å². The van der Waals surface area contributed by atoms with E-state index in [4.69, 9.17) is 0 Å². The van der Waals surface area contributed by atoms with Crippen molar-refractivity contribution in [3.8, 4) is 0 Å². The Morgan fingerprint density at radius 2 is 1.59 bits per heavy atom. The molecule has 182 valence electrons. The minimum Gasteiger partial charge on any atom is -0.368 e. The van der Waals surface area contributed by atoms with Gasteiger partial charge in [-0.3, -0.25) is 9.59 Å². The van der Waals surface area contributed by atoms with Crippen LogP contribution in [0.5, 0.6) is 0 Å². The van der Waals surface area contributed by atoms with Gasteiger partial charge in [0.25, 0.3) is 5.91 Å². The molecule has 2 aromatic carbocycles. The molecule has 2 fully saturated rings. The number of para-hydroxylation sites is 1. The van der Waals surface area contributed by atoms with Crippen molar-refractivity contribution in [2.45, 2.75) is 24.2 Å². The van der Waals surface area contributed by atoms with Gasteiger partial charge in [-0.15, -0.1) is 0 Å². The van der Waals surface area contributed by atoms with Crippen molar-refractivity contribution in [1.82, 2.24) is 14.5 Å². The van der Waals surface area contributed by atoms with E-state index in [-0.39, 0.29) is 24.4 Å². The maximum absolute atomic E-state index is 14.3. The maximum Gasteiger partial charge on any atom is 0.251 e. The highest BCUT2D eigenvalue weighted by Gasteiger charge is 2.30. The third-order valence-corrected chi connectivity index (χ3v) is 8.17. The van der Waals surface area contributed by atoms with Crippen molar-refractivity contribution in [3.05, 3.63) is 59.9 Å². The molecular formula is C24H29FN4O4S. The van der Waals surface area contributed by atoms with Crippen molar-refractivity contribution in [3.63, 3.8) is 0 Å². The lowest BCUT2D eigenvalue weighted by Gasteiger charge is -2.36. The largest absolute Gasteiger partial charge is 0.368 e. The number of hydrogen-bond acceptors (Lipinski definition) is 5. The van der Waals surface area contributed by atoms with Crippen molar-refractivity contribution < 1.29 is 22.4 Å². The van der Waals surface area contributed by atoms with Crippen LogP contribution in [0.25, 0.3) is 0 Å². The van der Waals surface area contributed by atoms with Crippen LogP contribution >= 0.6 is 0 Å². The third-order valence-electron chi connectivity index (χ3n) is 6.25. The second-order valence-corrected chi connectivity index (χ2v) is 10.4. The van der Waals surface area contributed by atoms with Gasteiger partial charge >= 0.3 is 0 Å². The van der Waals surface area contributed by atoms with Gasteiger partial charge < -0.3 is 15.1 Å². The lowest BCUT2D eigenvalue weighted by Crippen LogP contribution is -2.49. The molecule has 2 amide bonds. The Kier molecular flexibility index (Phi) is 7.47. The van der Waals surface area contributed by atoms with Crippen LogP contribution in [0, 0.1) is 5.82 Å². The fourth-order valence-electron chi connectivity index (χ4n) is 4.31. The van der Waals surface area contributed by atoms with Gasteiger partial charge in [0, 0.05) is 63.5 Å². The lowest BCUT2D eigenvalue weighted by atomic mass is 10.2. The molecule has 1 N–H and O–H groups in total. The monoisotopic (exact) mass is 488 g/mol. The second-order valence-electron chi connectivity index (χ2n) is 8.47. The molecule has 2 aromatic rings. The maximum atomic E-state index is 14.3. The Bertz CT molecular complexity index is 1130. The first kappa shape index (κ1) is 24.2. The number of sulfonamides is 1. The number of anilines is 1. The average Bonchev–Trinajstić information content (AvgIpc) is 3.41. The zero-order chi connectivity index (χ0) is 24.1. The number of carbonyl (C=O) groups is 2. The molecule has 0 saturated carbocycles. The zero-order valence-corrected chi connectivity index (χ0v) is 19.8. The Labute approximate surface area is 199 Å². The minimum absolute atomic E-state index is 0.0445. The SMILES string of the molecule is O=C(NCCC(=O)N1CCN(c2ccccc2)CC1)c1ccc(F)c(S(=O)(=O)N2CCCC2)c1. The average molecular weight is 489 g/mol. The highest BCUT2D eigenvalue weighted by atomic mass is 32.2. The summed E-state index contributed by atoms with van der Waals surface area (Å²) in [6.07, 6.45) is 1.60. The van der Waals surface area contributed by atoms with E-state index in [1.54, 1.807) is 4.90 Å². The zero-order valence-electron chi connectivity index (χ0n) is 19.0. The molecule has 0 aliphatic carbocycles. The first-order valence-corrected chi connectivity index (χ1v) is 13.0. The van der Waals surface area contributed by atoms with Gasteiger partial charge in [-0.1, -0.05) is 18.2 Å². The number of nitrogens with zero attached hydrogens (tertiary/aromatic N) is 3. The highest BCUT2D eigenvalue weighted by molar-refractivity contribution is 7.89. The lowest BCUT2D eigenvalue weighted by molar-refractivity contribution is -0.131. The first-order valence-electron chi connectivity index (χ1n) is 11.5. The number of piperazine rings is 1. The molecule has 4 rings (SSSR count). The molecule has 0 spiro atoms. The van der Waals surface area contributed by atoms with Crippen molar-refractivity contribution in [2.75, 3.05) is 50.7 Å². The molecule has 2 heterocycles. The van der Waals surface area contributed by atoms with Crippen molar-refractivity contribution in [2.24, 2.45) is 0 Å². The number of amides is 2. The van der Waals surface area contributed by atoms with Gasteiger partial charge in [0.15, 0.2) is 0 Å². The molecule has 10 heteroatoms. The van der Waals surface area contributed by atoms with Crippen LogP contribution in [-0.4, -0.2) is 75.3 Å². The third kappa shape index (κ3) is 5.39. The van der Waals surface area contributed by atoms with E-state index >= 15 is 0 Å². The number of hydrogen-bond donors (Lipinski definition) is 1. The van der Waals surface area contributed by atoms with Crippen LogP contribution in [0.1, 0.15) is 29.6 Å². The van der Waals surface area contributed by atoms with Gasteiger partial charge in [-0.05, 0) is 43.2 Å². The predicted octanol–water partition coefficient (Wildman–Crippen LogP) is 2.08. The van der Waals surface area contributed by atoms with Crippen LogP contribution in [0.4, 0.5) is 10.1 Å². The van der Waals surface area contributed by atoms with E-state index in [0.717, 1.165) is 43.8 Å². The molecule has 8 nitrogen and oxygen atoms in total. The Hall–Kier alpha value is -2.98. The number of halogens is 1. The van der Waals surface area contributed by atoms with E-state index in [1.807, 2.05) is 30.3 Å². The molecule has 34 heavy (non-hydrogen) atoms. The molecule has 2 aliphatic heterocycles. The van der Waals surface area contributed by atoms with Crippen LogP contribution in [0.15, 0.2) is 53.4 Å². The quantitative estimate of drug-likeness (QED) is 0.645. The molecule has 0 radical (unpaired) electrons. The van der Waals surface area contributed by atoms with E-state index in [2.05, 4.69) is 10.2 Å². The summed E-state index contributed by atoms with van der Waals surface area (Å²) in [5, 5.41) is 2.64. The summed E-state index contributed by atoms with van der Waals surface area (Å²) in [5.74, 6) is -1.47. The van der Waals surface area contributed by atoms with Crippen LogP contribution in [0.2, 0.25) is 0 Å².